The smallest absolute Gasteiger partial charge is 0.317 e. The molecule has 1 unspecified atom stereocenters. The van der Waals surface area contributed by atoms with Gasteiger partial charge in [0.2, 0.25) is 0 Å². The Labute approximate surface area is 93.2 Å². The van der Waals surface area contributed by atoms with Crippen LogP contribution >= 0.6 is 0 Å². The Morgan fingerprint density at radius 2 is 2.38 bits per heavy atom. The van der Waals surface area contributed by atoms with Gasteiger partial charge in [-0.1, -0.05) is 6.07 Å². The molecule has 2 amide bonds. The normalized spacial score (nSPS) is 20.1. The summed E-state index contributed by atoms with van der Waals surface area (Å²) < 4.78 is 13.2. The second-order valence-electron chi connectivity index (χ2n) is 3.86. The first-order chi connectivity index (χ1) is 7.63. The lowest BCUT2D eigenvalue weighted by Gasteiger charge is -2.20. The largest absolute Gasteiger partial charge is 0.336 e. The highest BCUT2D eigenvalue weighted by Crippen LogP contribution is 2.26. The van der Waals surface area contributed by atoms with Crippen molar-refractivity contribution in [1.82, 2.24) is 10.2 Å². The topological polar surface area (TPSA) is 58.4 Å². The van der Waals surface area contributed by atoms with Crippen molar-refractivity contribution in [1.29, 1.82) is 0 Å². The summed E-state index contributed by atoms with van der Waals surface area (Å²) in [5.41, 5.74) is 7.25. The van der Waals surface area contributed by atoms with E-state index in [1.54, 1.807) is 18.0 Å². The monoisotopic (exact) mass is 223 g/mol. The molecule has 4 nitrogen and oxygen atoms in total. The predicted molar refractivity (Wildman–Crippen MR) is 58.2 cm³/mol. The van der Waals surface area contributed by atoms with Gasteiger partial charge in [0.1, 0.15) is 5.82 Å². The number of hydrogen-bond donors (Lipinski definition) is 2. The summed E-state index contributed by atoms with van der Waals surface area (Å²) in [6.07, 6.45) is 0. The first kappa shape index (κ1) is 10.9. The van der Waals surface area contributed by atoms with Crippen LogP contribution in [-0.2, 0) is 6.54 Å². The molecule has 2 rings (SSSR count). The molecule has 1 atom stereocenters. The van der Waals surface area contributed by atoms with E-state index in [1.165, 1.54) is 12.1 Å². The average molecular weight is 223 g/mol. The molecule has 0 aliphatic carbocycles. The van der Waals surface area contributed by atoms with Crippen LogP contribution in [0.15, 0.2) is 18.2 Å². The van der Waals surface area contributed by atoms with Crippen molar-refractivity contribution in [2.24, 2.45) is 5.73 Å². The quantitative estimate of drug-likeness (QED) is 0.785. The molecule has 0 aromatic heterocycles. The van der Waals surface area contributed by atoms with Crippen molar-refractivity contribution in [3.8, 4) is 0 Å². The van der Waals surface area contributed by atoms with Gasteiger partial charge in [-0.25, -0.2) is 9.18 Å². The van der Waals surface area contributed by atoms with Crippen LogP contribution in [0.1, 0.15) is 17.2 Å². The Morgan fingerprint density at radius 1 is 1.62 bits per heavy atom. The van der Waals surface area contributed by atoms with Gasteiger partial charge in [0.05, 0.1) is 6.04 Å². The Morgan fingerprint density at radius 3 is 2.94 bits per heavy atom. The lowest BCUT2D eigenvalue weighted by molar-refractivity contribution is 0.216. The fourth-order valence-electron chi connectivity index (χ4n) is 1.97. The highest BCUT2D eigenvalue weighted by Gasteiger charge is 2.29. The van der Waals surface area contributed by atoms with Crippen molar-refractivity contribution in [2.45, 2.75) is 12.6 Å². The van der Waals surface area contributed by atoms with Crippen LogP contribution in [0.3, 0.4) is 0 Å². The highest BCUT2D eigenvalue weighted by molar-refractivity contribution is 5.77. The maximum Gasteiger partial charge on any atom is 0.317 e. The standard InChI is InChI=1S/C11H14FN3O/c1-15-10(6-14-11(15)16)9-4-8(12)3-2-7(9)5-13/h2-4,10H,5-6,13H2,1H3,(H,14,16). The number of urea groups is 1. The van der Waals surface area contributed by atoms with Crippen LogP contribution in [0, 0.1) is 5.82 Å². The third-order valence-corrected chi connectivity index (χ3v) is 2.92. The molecule has 86 valence electrons. The van der Waals surface area contributed by atoms with Crippen LogP contribution in [0.5, 0.6) is 0 Å². The van der Waals surface area contributed by atoms with Gasteiger partial charge in [0, 0.05) is 20.1 Å². The van der Waals surface area contributed by atoms with E-state index < -0.39 is 0 Å². The molecule has 0 radical (unpaired) electrons. The summed E-state index contributed by atoms with van der Waals surface area (Å²) in [4.78, 5) is 12.9. The van der Waals surface area contributed by atoms with Crippen LogP contribution < -0.4 is 11.1 Å². The number of nitrogens with one attached hydrogen (secondary N) is 1. The molecule has 1 fully saturated rings. The summed E-state index contributed by atoms with van der Waals surface area (Å²) in [6.45, 7) is 0.833. The molecule has 0 spiro atoms. The minimum Gasteiger partial charge on any atom is -0.336 e. The molecule has 1 aromatic carbocycles. The lowest BCUT2D eigenvalue weighted by atomic mass is 10.00. The van der Waals surface area contributed by atoms with Crippen LogP contribution in [-0.4, -0.2) is 24.5 Å². The molecule has 1 aliphatic rings. The zero-order chi connectivity index (χ0) is 11.7. The predicted octanol–water partition coefficient (Wildman–Crippen LogP) is 0.980. The number of hydrogen-bond acceptors (Lipinski definition) is 2. The minimum absolute atomic E-state index is 0.137. The molecular weight excluding hydrogens is 209 g/mol. The van der Waals surface area contributed by atoms with Crippen LogP contribution in [0.4, 0.5) is 9.18 Å². The number of nitrogens with two attached hydrogens (primary N) is 1. The molecule has 0 saturated carbocycles. The average Bonchev–Trinajstić information content (AvgIpc) is 2.60. The SMILES string of the molecule is CN1C(=O)NCC1c1cc(F)ccc1CN. The molecule has 5 heteroatoms. The fourth-order valence-corrected chi connectivity index (χ4v) is 1.97. The molecule has 1 saturated heterocycles. The van der Waals surface area contributed by atoms with Gasteiger partial charge < -0.3 is 16.0 Å². The number of likely N-dealkylation sites (N-methyl/N-ethyl adjacent to an activating group) is 1. The third-order valence-electron chi connectivity index (χ3n) is 2.92. The third kappa shape index (κ3) is 1.74. The van der Waals surface area contributed by atoms with E-state index in [0.29, 0.717) is 13.1 Å². The Kier molecular flexibility index (Phi) is 2.78. The van der Waals surface area contributed by atoms with Crippen molar-refractivity contribution in [2.75, 3.05) is 13.6 Å². The van der Waals surface area contributed by atoms with Gasteiger partial charge in [-0.15, -0.1) is 0 Å². The van der Waals surface area contributed by atoms with Crippen molar-refractivity contribution in [3.63, 3.8) is 0 Å². The van der Waals surface area contributed by atoms with Crippen LogP contribution in [0.25, 0.3) is 0 Å². The first-order valence-corrected chi connectivity index (χ1v) is 5.12. The number of amides is 2. The number of carbonyl (C=O) groups is 1. The molecule has 16 heavy (non-hydrogen) atoms. The van der Waals surface area contributed by atoms with Gasteiger partial charge in [-0.2, -0.15) is 0 Å². The summed E-state index contributed by atoms with van der Waals surface area (Å²) in [5.74, 6) is -0.306. The van der Waals surface area contributed by atoms with E-state index >= 15 is 0 Å². The van der Waals surface area contributed by atoms with Crippen molar-refractivity contribution in [3.05, 3.63) is 35.1 Å². The summed E-state index contributed by atoms with van der Waals surface area (Å²) in [5, 5.41) is 2.71. The Bertz CT molecular complexity index is 422. The first-order valence-electron chi connectivity index (χ1n) is 5.12. The van der Waals surface area contributed by atoms with E-state index in [9.17, 15) is 9.18 Å². The molecule has 1 aromatic rings. The Hall–Kier alpha value is -1.62. The van der Waals surface area contributed by atoms with Gasteiger partial charge in [0.25, 0.3) is 0 Å². The number of benzene rings is 1. The van der Waals surface area contributed by atoms with E-state index in [4.69, 9.17) is 5.73 Å². The Balaban J connectivity index is 2.39. The highest BCUT2D eigenvalue weighted by atomic mass is 19.1. The van der Waals surface area contributed by atoms with Gasteiger partial charge in [0.15, 0.2) is 0 Å². The summed E-state index contributed by atoms with van der Waals surface area (Å²) in [7, 11) is 1.69. The molecule has 1 aliphatic heterocycles. The van der Waals surface area contributed by atoms with E-state index in [-0.39, 0.29) is 17.9 Å². The van der Waals surface area contributed by atoms with Gasteiger partial charge in [-0.3, -0.25) is 0 Å². The maximum atomic E-state index is 13.2. The minimum atomic E-state index is -0.306. The second kappa shape index (κ2) is 4.09. The lowest BCUT2D eigenvalue weighted by Crippen LogP contribution is -2.26. The van der Waals surface area contributed by atoms with Gasteiger partial charge in [-0.05, 0) is 23.3 Å². The zero-order valence-electron chi connectivity index (χ0n) is 9.03. The fraction of sp³-hybridized carbons (Fsp3) is 0.364. The second-order valence-corrected chi connectivity index (χ2v) is 3.86. The van der Waals surface area contributed by atoms with E-state index in [2.05, 4.69) is 5.32 Å². The number of halogens is 1. The number of rotatable bonds is 2. The molecule has 1 heterocycles. The van der Waals surface area contributed by atoms with Crippen molar-refractivity contribution < 1.29 is 9.18 Å². The number of nitrogens with zero attached hydrogens (tertiary/aromatic N) is 1. The molecule has 0 bridgehead atoms. The number of carbonyl (C=O) groups excluding carboxylic acids is 1. The molecule has 3 N–H and O–H groups in total. The summed E-state index contributed by atoms with van der Waals surface area (Å²) >= 11 is 0. The van der Waals surface area contributed by atoms with E-state index in [0.717, 1.165) is 11.1 Å². The maximum absolute atomic E-state index is 13.2. The van der Waals surface area contributed by atoms with Gasteiger partial charge >= 0.3 is 6.03 Å². The zero-order valence-corrected chi connectivity index (χ0v) is 9.03. The van der Waals surface area contributed by atoms with Crippen LogP contribution in [0.2, 0.25) is 0 Å². The van der Waals surface area contributed by atoms with Crippen molar-refractivity contribution >= 4 is 6.03 Å². The molecular formula is C11H14FN3O. The summed E-state index contributed by atoms with van der Waals surface area (Å²) in [6, 6.07) is 4.22. The van der Waals surface area contributed by atoms with E-state index in [1.807, 2.05) is 0 Å².